The Morgan fingerprint density at radius 1 is 1.19 bits per heavy atom. The van der Waals surface area contributed by atoms with Gasteiger partial charge in [0, 0.05) is 17.3 Å². The van der Waals surface area contributed by atoms with Crippen molar-refractivity contribution < 1.29 is 9.59 Å². The number of carbonyl (C=O) groups is 2. The third-order valence-electron chi connectivity index (χ3n) is 4.44. The van der Waals surface area contributed by atoms with Gasteiger partial charge in [-0.25, -0.2) is 0 Å². The first-order valence-corrected chi connectivity index (χ1v) is 9.43. The molecule has 0 aromatic heterocycles. The van der Waals surface area contributed by atoms with Gasteiger partial charge in [0.1, 0.15) is 6.04 Å². The Kier molecular flexibility index (Phi) is 6.08. The van der Waals surface area contributed by atoms with Crippen LogP contribution in [-0.4, -0.2) is 34.4 Å². The Bertz CT molecular complexity index is 853. The summed E-state index contributed by atoms with van der Waals surface area (Å²) in [6.45, 7) is 2.52. The second kappa shape index (κ2) is 8.50. The smallest absolute Gasteiger partial charge is 0.249 e. The van der Waals surface area contributed by atoms with E-state index in [9.17, 15) is 9.59 Å². The molecule has 1 unspecified atom stereocenters. The predicted octanol–water partition coefficient (Wildman–Crippen LogP) is 3.31. The number of nitrogens with zero attached hydrogens (tertiary/aromatic N) is 1. The highest BCUT2D eigenvalue weighted by atomic mass is 35.5. The first-order valence-electron chi connectivity index (χ1n) is 8.65. The van der Waals surface area contributed by atoms with Crippen molar-refractivity contribution in [3.63, 3.8) is 0 Å². The molecule has 0 bridgehead atoms. The van der Waals surface area contributed by atoms with Crippen molar-refractivity contribution >= 4 is 46.4 Å². The molecule has 0 saturated carbocycles. The maximum absolute atomic E-state index is 12.4. The van der Waals surface area contributed by atoms with Gasteiger partial charge in [-0.05, 0) is 55.4 Å². The monoisotopic (exact) mass is 401 g/mol. The highest BCUT2D eigenvalue weighted by Crippen LogP contribution is 2.17. The van der Waals surface area contributed by atoms with Crippen molar-refractivity contribution in [1.29, 1.82) is 0 Å². The number of hydrogen-bond donors (Lipinski definition) is 2. The van der Waals surface area contributed by atoms with Crippen molar-refractivity contribution in [2.75, 3.05) is 11.9 Å². The van der Waals surface area contributed by atoms with Crippen LogP contribution in [0.4, 0.5) is 5.69 Å². The van der Waals surface area contributed by atoms with Crippen LogP contribution in [0, 0.1) is 6.92 Å². The molecule has 0 aliphatic carbocycles. The van der Waals surface area contributed by atoms with E-state index in [1.165, 1.54) is 0 Å². The third-order valence-corrected chi connectivity index (χ3v) is 5.03. The van der Waals surface area contributed by atoms with Crippen molar-refractivity contribution in [1.82, 2.24) is 10.2 Å². The molecule has 2 N–H and O–H groups in total. The molecule has 2 aromatic rings. The number of hydrogen-bond acceptors (Lipinski definition) is 3. The van der Waals surface area contributed by atoms with Gasteiger partial charge in [-0.3, -0.25) is 9.59 Å². The standard InChI is InChI=1S/C20H20ClN3O2S/c1-13-2-8-16(9-3-13)22-18(25)12-17-19(26)23-20(27)24(17)11-10-14-4-6-15(21)7-5-14/h2-9,17H,10-12H2,1H3,(H,22,25)(H,23,26,27). The summed E-state index contributed by atoms with van der Waals surface area (Å²) in [6.07, 6.45) is 0.739. The Morgan fingerprint density at radius 2 is 1.85 bits per heavy atom. The normalized spacial score (nSPS) is 16.4. The maximum Gasteiger partial charge on any atom is 0.249 e. The number of anilines is 1. The lowest BCUT2D eigenvalue weighted by atomic mass is 10.1. The number of rotatable bonds is 6. The van der Waals surface area contributed by atoms with Crippen LogP contribution >= 0.6 is 23.8 Å². The molecule has 1 saturated heterocycles. The van der Waals surface area contributed by atoms with Crippen LogP contribution in [-0.2, 0) is 16.0 Å². The van der Waals surface area contributed by atoms with Gasteiger partial charge in [0.25, 0.3) is 0 Å². The summed E-state index contributed by atoms with van der Waals surface area (Å²) in [5.41, 5.74) is 2.91. The molecular weight excluding hydrogens is 382 g/mol. The van der Waals surface area contributed by atoms with E-state index in [4.69, 9.17) is 23.8 Å². The molecule has 2 amide bonds. The minimum atomic E-state index is -0.602. The first-order chi connectivity index (χ1) is 12.9. The predicted molar refractivity (Wildman–Crippen MR) is 111 cm³/mol. The molecule has 140 valence electrons. The highest BCUT2D eigenvalue weighted by molar-refractivity contribution is 7.80. The van der Waals surface area contributed by atoms with Crippen LogP contribution in [0.5, 0.6) is 0 Å². The molecule has 3 rings (SSSR count). The molecule has 1 fully saturated rings. The first kappa shape index (κ1) is 19.3. The summed E-state index contributed by atoms with van der Waals surface area (Å²) in [5.74, 6) is -0.463. The number of benzene rings is 2. The third kappa shape index (κ3) is 5.05. The zero-order chi connectivity index (χ0) is 19.4. The molecule has 0 radical (unpaired) electrons. The highest BCUT2D eigenvalue weighted by Gasteiger charge is 2.36. The summed E-state index contributed by atoms with van der Waals surface area (Å²) < 4.78 is 0. The number of carbonyl (C=O) groups excluding carboxylic acids is 2. The quantitative estimate of drug-likeness (QED) is 0.729. The van der Waals surface area contributed by atoms with E-state index in [1.807, 2.05) is 55.5 Å². The molecule has 0 spiro atoms. The molecule has 27 heavy (non-hydrogen) atoms. The van der Waals surface area contributed by atoms with E-state index < -0.39 is 6.04 Å². The number of aryl methyl sites for hydroxylation is 1. The van der Waals surface area contributed by atoms with E-state index >= 15 is 0 Å². The van der Waals surface area contributed by atoms with Gasteiger partial charge in [0.05, 0.1) is 6.42 Å². The maximum atomic E-state index is 12.4. The van der Waals surface area contributed by atoms with Crippen LogP contribution in [0.2, 0.25) is 5.02 Å². The Balaban J connectivity index is 1.61. The summed E-state index contributed by atoms with van der Waals surface area (Å²) in [5, 5.41) is 6.53. The van der Waals surface area contributed by atoms with Gasteiger partial charge in [-0.2, -0.15) is 0 Å². The Labute approximate surface area is 168 Å². The van der Waals surface area contributed by atoms with E-state index in [0.717, 1.165) is 11.1 Å². The van der Waals surface area contributed by atoms with Crippen LogP contribution in [0.3, 0.4) is 0 Å². The van der Waals surface area contributed by atoms with Crippen LogP contribution < -0.4 is 10.6 Å². The minimum Gasteiger partial charge on any atom is -0.336 e. The molecule has 7 heteroatoms. The second-order valence-corrected chi connectivity index (χ2v) is 7.32. The summed E-state index contributed by atoms with van der Waals surface area (Å²) in [7, 11) is 0. The topological polar surface area (TPSA) is 61.4 Å². The van der Waals surface area contributed by atoms with E-state index in [0.29, 0.717) is 28.8 Å². The molecular formula is C20H20ClN3O2S. The van der Waals surface area contributed by atoms with Gasteiger partial charge in [-0.1, -0.05) is 41.4 Å². The lowest BCUT2D eigenvalue weighted by molar-refractivity contribution is -0.125. The average molecular weight is 402 g/mol. The number of nitrogens with one attached hydrogen (secondary N) is 2. The van der Waals surface area contributed by atoms with Gasteiger partial charge in [-0.15, -0.1) is 0 Å². The van der Waals surface area contributed by atoms with E-state index in [2.05, 4.69) is 10.6 Å². The fourth-order valence-electron chi connectivity index (χ4n) is 2.93. The van der Waals surface area contributed by atoms with Crippen LogP contribution in [0.15, 0.2) is 48.5 Å². The molecule has 1 aliphatic heterocycles. The molecule has 5 nitrogen and oxygen atoms in total. The van der Waals surface area contributed by atoms with Crippen LogP contribution in [0.25, 0.3) is 0 Å². The van der Waals surface area contributed by atoms with Gasteiger partial charge >= 0.3 is 0 Å². The summed E-state index contributed by atoms with van der Waals surface area (Å²) in [6, 6.07) is 14.5. The van der Waals surface area contributed by atoms with Crippen molar-refractivity contribution in [2.24, 2.45) is 0 Å². The van der Waals surface area contributed by atoms with E-state index in [1.54, 1.807) is 4.90 Å². The number of halogens is 1. The van der Waals surface area contributed by atoms with Gasteiger partial charge < -0.3 is 15.5 Å². The number of amides is 2. The second-order valence-electron chi connectivity index (χ2n) is 6.50. The number of thiocarbonyl (C=S) groups is 1. The Morgan fingerprint density at radius 3 is 2.52 bits per heavy atom. The van der Waals surface area contributed by atoms with Gasteiger partial charge in [0.2, 0.25) is 11.8 Å². The van der Waals surface area contributed by atoms with Crippen molar-refractivity contribution in [3.8, 4) is 0 Å². The zero-order valence-electron chi connectivity index (χ0n) is 14.9. The lowest BCUT2D eigenvalue weighted by Gasteiger charge is -2.23. The lowest BCUT2D eigenvalue weighted by Crippen LogP contribution is -2.39. The Hall–Kier alpha value is -2.44. The largest absolute Gasteiger partial charge is 0.336 e. The molecule has 1 heterocycles. The fraction of sp³-hybridized carbons (Fsp3) is 0.250. The molecule has 1 aliphatic rings. The fourth-order valence-corrected chi connectivity index (χ4v) is 3.37. The zero-order valence-corrected chi connectivity index (χ0v) is 16.4. The molecule has 2 aromatic carbocycles. The minimum absolute atomic E-state index is 0.0421. The van der Waals surface area contributed by atoms with Crippen LogP contribution in [0.1, 0.15) is 17.5 Å². The summed E-state index contributed by atoms with van der Waals surface area (Å²) in [4.78, 5) is 26.4. The average Bonchev–Trinajstić information content (AvgIpc) is 2.89. The van der Waals surface area contributed by atoms with Crippen molar-refractivity contribution in [2.45, 2.75) is 25.8 Å². The van der Waals surface area contributed by atoms with E-state index in [-0.39, 0.29) is 18.2 Å². The SMILES string of the molecule is Cc1ccc(NC(=O)CC2C(=O)NC(=S)N2CCc2ccc(Cl)cc2)cc1. The molecule has 1 atom stereocenters. The summed E-state index contributed by atoms with van der Waals surface area (Å²) >= 11 is 11.2. The van der Waals surface area contributed by atoms with Crippen molar-refractivity contribution in [3.05, 3.63) is 64.7 Å². The van der Waals surface area contributed by atoms with Gasteiger partial charge in [0.15, 0.2) is 5.11 Å².